The molecule has 0 aromatic heterocycles. The molecule has 140 heavy (non-hydrogen) atoms. The van der Waals surface area contributed by atoms with Crippen molar-refractivity contribution in [1.82, 2.24) is 0 Å². The van der Waals surface area contributed by atoms with E-state index in [1.54, 1.807) is 76.2 Å². The van der Waals surface area contributed by atoms with Crippen molar-refractivity contribution >= 4 is 92.5 Å². The summed E-state index contributed by atoms with van der Waals surface area (Å²) in [4.78, 5) is 105. The third-order valence-electron chi connectivity index (χ3n) is 23.5. The van der Waals surface area contributed by atoms with Crippen molar-refractivity contribution in [3.05, 3.63) is 190 Å². The van der Waals surface area contributed by atoms with Crippen LogP contribution in [0, 0.1) is 47.3 Å². The highest BCUT2D eigenvalue weighted by Gasteiger charge is 2.34. The summed E-state index contributed by atoms with van der Waals surface area (Å²) in [5.74, 6) is 0.606. The highest BCUT2D eigenvalue weighted by atomic mass is 16.5. The van der Waals surface area contributed by atoms with Gasteiger partial charge in [-0.05, 0) is 302 Å². The molecule has 0 fully saturated rings. The lowest BCUT2D eigenvalue weighted by Gasteiger charge is -2.20. The topological polar surface area (TPSA) is 455 Å². The quantitative estimate of drug-likeness (QED) is 0.00997. The van der Waals surface area contributed by atoms with Crippen LogP contribution in [0.5, 0.6) is 46.0 Å². The Labute approximate surface area is 831 Å². The third-order valence-corrected chi connectivity index (χ3v) is 23.5. The van der Waals surface area contributed by atoms with Gasteiger partial charge in [-0.1, -0.05) is 102 Å². The number of hydrogen-bond acceptors (Lipinski definition) is 28. The minimum Gasteiger partial charge on any atom is -0.492 e. The van der Waals surface area contributed by atoms with Crippen molar-refractivity contribution in [3.8, 4) is 46.0 Å². The number of benzene rings is 8. The number of anilines is 8. The number of ether oxygens (including phenoxy) is 12. The highest BCUT2D eigenvalue weighted by molar-refractivity contribution is 5.89. The molecule has 0 amide bonds. The molecule has 8 atom stereocenters. The van der Waals surface area contributed by atoms with Gasteiger partial charge in [0.1, 0.15) is 69.1 Å². The molecule has 0 radical (unpaired) electrons. The van der Waals surface area contributed by atoms with Gasteiger partial charge in [0.15, 0.2) is 0 Å². The van der Waals surface area contributed by atoms with Crippen molar-refractivity contribution in [2.75, 3.05) is 125 Å². The predicted molar refractivity (Wildman–Crippen MR) is 558 cm³/mol. The molecule has 0 aliphatic heterocycles. The average molecular weight is 1940 g/mol. The zero-order valence-electron chi connectivity index (χ0n) is 85.9. The van der Waals surface area contributed by atoms with Crippen LogP contribution in [-0.2, 0) is 109 Å². The summed E-state index contributed by atoms with van der Waals surface area (Å²) in [6, 6.07) is 44.6. The Bertz CT molecular complexity index is 4530. The van der Waals surface area contributed by atoms with Gasteiger partial charge in [-0.3, -0.25) is 38.4 Å². The molecular formula is C112H160N8O20. The number of ketones is 4. The molecule has 8 unspecified atom stereocenters. The Morgan fingerprint density at radius 1 is 0.193 bits per heavy atom. The van der Waals surface area contributed by atoms with E-state index in [2.05, 4.69) is 27.7 Å². The van der Waals surface area contributed by atoms with Gasteiger partial charge in [0.05, 0.1) is 148 Å². The number of nitrogens with two attached hydrogens (primary N) is 8. The van der Waals surface area contributed by atoms with Crippen LogP contribution in [0.15, 0.2) is 146 Å². The van der Waals surface area contributed by atoms with Gasteiger partial charge in [-0.25, -0.2) is 0 Å². The molecule has 0 aliphatic carbocycles. The van der Waals surface area contributed by atoms with E-state index in [0.29, 0.717) is 196 Å². The summed E-state index contributed by atoms with van der Waals surface area (Å²) in [5.41, 5.74) is 60.6. The lowest BCUT2D eigenvalue weighted by Crippen LogP contribution is -2.27. The Hall–Kier alpha value is -12.9. The number of rotatable bonds is 60. The van der Waals surface area contributed by atoms with Crippen LogP contribution in [0.4, 0.5) is 45.5 Å². The molecule has 0 saturated carbocycles. The first-order valence-electron chi connectivity index (χ1n) is 50.2. The maximum absolute atomic E-state index is 13.4. The summed E-state index contributed by atoms with van der Waals surface area (Å²) in [6.45, 7) is 35.7. The number of carbonyl (C=O) groups excluding carboxylic acids is 8. The van der Waals surface area contributed by atoms with E-state index in [-0.39, 0.29) is 123 Å². The van der Waals surface area contributed by atoms with Crippen LogP contribution in [0.1, 0.15) is 232 Å². The van der Waals surface area contributed by atoms with E-state index in [1.165, 1.54) is 0 Å². The van der Waals surface area contributed by atoms with Crippen LogP contribution in [0.2, 0.25) is 0 Å². The molecule has 768 valence electrons. The fraction of sp³-hybridized carbons (Fsp3) is 0.500. The SMILES string of the molecule is CCCC(Cc1ccc(OCC)c(N)c1)C(=O)CC(Cc1ccc(OCC)c(N)c1)C(=O)OCC.CCCC(Cc1ccc(OCC)c(N)c1)C(=O)CC(Cc1ccc(OCC)c(N)c1)C(=O)OCC.CCCC(Cc1ccc(OCC)c(N)c1)C(=O)CC(Cc1ccc(OCC)c(N)c1)C(=O)OCC.CCCC(Cc1ccc(OCC)c(N)c1)C(=O)CC(Cc1ccc(OCC)c(N)c1)C(=O)OCC. The summed E-state index contributed by atoms with van der Waals surface area (Å²) in [6.07, 6.45) is 10.6. The molecule has 8 aromatic rings. The highest BCUT2D eigenvalue weighted by Crippen LogP contribution is 2.37. The number of carbonyl (C=O) groups is 8. The first-order valence-corrected chi connectivity index (χ1v) is 50.2. The van der Waals surface area contributed by atoms with Crippen molar-refractivity contribution < 1.29 is 95.2 Å². The van der Waals surface area contributed by atoms with Gasteiger partial charge in [0, 0.05) is 49.4 Å². The normalized spacial score (nSPS) is 12.6. The van der Waals surface area contributed by atoms with Crippen molar-refractivity contribution in [1.29, 1.82) is 0 Å². The number of esters is 4. The molecule has 8 rings (SSSR count). The standard InChI is InChI=1S/4C28H40N2O5/c4*1-5-9-21(14-19-10-12-26(33-6-2)23(29)16-19)25(31)18-22(28(32)35-8-4)15-20-11-13-27(34-7-3)24(30)17-20/h4*10-13,16-17,21-22H,5-9,14-15,18,29-30H2,1-4H3. The van der Waals surface area contributed by atoms with Crippen LogP contribution in [-0.4, -0.2) is 126 Å². The monoisotopic (exact) mass is 1940 g/mol. The van der Waals surface area contributed by atoms with Crippen LogP contribution >= 0.6 is 0 Å². The first-order chi connectivity index (χ1) is 67.3. The minimum absolute atomic E-state index is 0.0521. The summed E-state index contributed by atoms with van der Waals surface area (Å²) in [7, 11) is 0. The van der Waals surface area contributed by atoms with E-state index in [4.69, 9.17) is 103 Å². The van der Waals surface area contributed by atoms with Gasteiger partial charge in [0.2, 0.25) is 0 Å². The molecule has 28 nitrogen and oxygen atoms in total. The molecular weight excluding hydrogens is 1780 g/mol. The second-order valence-electron chi connectivity index (χ2n) is 34.5. The molecule has 16 N–H and O–H groups in total. The molecule has 28 heteroatoms. The molecule has 0 spiro atoms. The number of nitrogen functional groups attached to an aromatic ring is 8. The number of hydrogen-bond donors (Lipinski definition) is 8. The average Bonchev–Trinajstić information content (AvgIpc) is 0.848. The summed E-state index contributed by atoms with van der Waals surface area (Å²) >= 11 is 0. The van der Waals surface area contributed by atoms with Gasteiger partial charge < -0.3 is 103 Å². The second-order valence-corrected chi connectivity index (χ2v) is 34.5. The molecule has 0 heterocycles. The Morgan fingerprint density at radius 3 is 0.429 bits per heavy atom. The summed E-state index contributed by atoms with van der Waals surface area (Å²) < 4.78 is 65.3. The zero-order valence-corrected chi connectivity index (χ0v) is 85.9. The van der Waals surface area contributed by atoms with Gasteiger partial charge in [0.25, 0.3) is 0 Å². The Kier molecular flexibility index (Phi) is 54.1. The van der Waals surface area contributed by atoms with E-state index in [0.717, 1.165) is 95.9 Å². The molecule has 8 aromatic carbocycles. The Balaban J connectivity index is 0.000000329. The van der Waals surface area contributed by atoms with Crippen molar-refractivity contribution in [3.63, 3.8) is 0 Å². The lowest BCUT2D eigenvalue weighted by atomic mass is 9.84. The fourth-order valence-corrected chi connectivity index (χ4v) is 16.9. The van der Waals surface area contributed by atoms with Crippen LogP contribution in [0.3, 0.4) is 0 Å². The van der Waals surface area contributed by atoms with E-state index < -0.39 is 23.7 Å². The largest absolute Gasteiger partial charge is 0.492 e. The predicted octanol–water partition coefficient (Wildman–Crippen LogP) is 20.0. The summed E-state index contributed by atoms with van der Waals surface area (Å²) in [5, 5.41) is 0. The van der Waals surface area contributed by atoms with Crippen molar-refractivity contribution in [2.24, 2.45) is 47.3 Å². The van der Waals surface area contributed by atoms with Crippen molar-refractivity contribution in [2.45, 2.75) is 239 Å². The molecule has 0 saturated heterocycles. The van der Waals surface area contributed by atoms with E-state index >= 15 is 0 Å². The second kappa shape index (κ2) is 64.4. The van der Waals surface area contributed by atoms with Crippen LogP contribution < -0.4 is 83.8 Å². The maximum atomic E-state index is 13.4. The third kappa shape index (κ3) is 40.1. The van der Waals surface area contributed by atoms with Gasteiger partial charge in [-0.15, -0.1) is 0 Å². The molecule has 0 bridgehead atoms. The first kappa shape index (κ1) is 118. The van der Waals surface area contributed by atoms with Crippen LogP contribution in [0.25, 0.3) is 0 Å². The Morgan fingerprint density at radius 2 is 0.321 bits per heavy atom. The lowest BCUT2D eigenvalue weighted by molar-refractivity contribution is -0.150. The molecule has 0 aliphatic rings. The smallest absolute Gasteiger partial charge is 0.309 e. The van der Waals surface area contributed by atoms with E-state index in [1.807, 2.05) is 152 Å². The maximum Gasteiger partial charge on any atom is 0.309 e. The minimum atomic E-state index is -0.579. The fourth-order valence-electron chi connectivity index (χ4n) is 16.9. The van der Waals surface area contributed by atoms with Gasteiger partial charge in [-0.2, -0.15) is 0 Å². The number of Topliss-reactive ketones (excluding diaryl/α,β-unsaturated/α-hetero) is 4. The van der Waals surface area contributed by atoms with E-state index in [9.17, 15) is 38.4 Å². The van der Waals surface area contributed by atoms with Gasteiger partial charge >= 0.3 is 23.9 Å². The zero-order chi connectivity index (χ0) is 103.